The van der Waals surface area contributed by atoms with Crippen LogP contribution in [0, 0.1) is 23.1 Å². The lowest BCUT2D eigenvalue weighted by molar-refractivity contribution is 0.0580. The molecule has 0 saturated carbocycles. The van der Waals surface area contributed by atoms with Crippen LogP contribution in [0.5, 0.6) is 5.75 Å². The fraction of sp³-hybridized carbons (Fsp3) is 0.462. The molecule has 1 heterocycles. The van der Waals surface area contributed by atoms with Gasteiger partial charge in [-0.05, 0) is 30.9 Å². The molecule has 6 heteroatoms. The van der Waals surface area contributed by atoms with Gasteiger partial charge in [-0.1, -0.05) is 0 Å². The van der Waals surface area contributed by atoms with Gasteiger partial charge in [0.1, 0.15) is 0 Å². The summed E-state index contributed by atoms with van der Waals surface area (Å²) in [5.41, 5.74) is 6.52. The lowest BCUT2D eigenvalue weighted by atomic mass is 9.85. The Morgan fingerprint density at radius 3 is 2.63 bits per heavy atom. The molecule has 0 bridgehead atoms. The fourth-order valence-corrected chi connectivity index (χ4v) is 2.33. The molecular weight excluding hydrogens is 271 g/mol. The number of phenolic OH excluding ortho intramolecular Hbond substituents is 1. The Balaban J connectivity index is 0.00000180. The maximum absolute atomic E-state index is 13.4. The highest BCUT2D eigenvalue weighted by atomic mass is 35.5. The van der Waals surface area contributed by atoms with Crippen LogP contribution in [0.1, 0.15) is 30.0 Å². The van der Waals surface area contributed by atoms with Crippen LogP contribution in [0.3, 0.4) is 0 Å². The van der Waals surface area contributed by atoms with E-state index in [1.54, 1.807) is 0 Å². The number of halogens is 2. The number of phenols is 1. The molecule has 0 spiro atoms. The SMILES string of the molecule is Cl.N#Cc1ccc(F)c(O)c1[C@@H](N)C1CCOCC1. The topological polar surface area (TPSA) is 79.3 Å². The van der Waals surface area contributed by atoms with Gasteiger partial charge in [0.2, 0.25) is 0 Å². The van der Waals surface area contributed by atoms with E-state index in [0.29, 0.717) is 13.2 Å². The van der Waals surface area contributed by atoms with Crippen LogP contribution < -0.4 is 5.73 Å². The number of nitriles is 1. The van der Waals surface area contributed by atoms with Crippen molar-refractivity contribution < 1.29 is 14.2 Å². The first kappa shape index (κ1) is 15.7. The fourth-order valence-electron chi connectivity index (χ4n) is 2.33. The highest BCUT2D eigenvalue weighted by molar-refractivity contribution is 5.85. The molecule has 0 unspecified atom stereocenters. The third-order valence-electron chi connectivity index (χ3n) is 3.40. The van der Waals surface area contributed by atoms with Gasteiger partial charge in [0.25, 0.3) is 0 Å². The minimum Gasteiger partial charge on any atom is -0.505 e. The van der Waals surface area contributed by atoms with E-state index in [4.69, 9.17) is 15.7 Å². The number of hydrogen-bond donors (Lipinski definition) is 2. The van der Waals surface area contributed by atoms with Crippen molar-refractivity contribution in [2.75, 3.05) is 13.2 Å². The Labute approximate surface area is 117 Å². The summed E-state index contributed by atoms with van der Waals surface area (Å²) in [6.07, 6.45) is 1.50. The Bertz CT molecular complexity index is 484. The molecule has 0 aromatic heterocycles. The molecule has 0 aliphatic carbocycles. The first-order valence-electron chi connectivity index (χ1n) is 5.90. The second-order valence-corrected chi connectivity index (χ2v) is 4.44. The third kappa shape index (κ3) is 3.16. The molecule has 1 fully saturated rings. The number of rotatable bonds is 2. The summed E-state index contributed by atoms with van der Waals surface area (Å²) in [5.74, 6) is -1.15. The smallest absolute Gasteiger partial charge is 0.165 e. The lowest BCUT2D eigenvalue weighted by Crippen LogP contribution is -2.28. The predicted molar refractivity (Wildman–Crippen MR) is 70.5 cm³/mol. The molecule has 1 saturated heterocycles. The van der Waals surface area contributed by atoms with E-state index >= 15 is 0 Å². The van der Waals surface area contributed by atoms with Crippen LogP contribution in [0.2, 0.25) is 0 Å². The minimum absolute atomic E-state index is 0. The van der Waals surface area contributed by atoms with E-state index in [2.05, 4.69) is 0 Å². The van der Waals surface area contributed by atoms with E-state index in [1.165, 1.54) is 6.07 Å². The Kier molecular flexibility index (Phi) is 5.55. The Morgan fingerprint density at radius 2 is 2.05 bits per heavy atom. The van der Waals surface area contributed by atoms with Crippen molar-refractivity contribution in [3.8, 4) is 11.8 Å². The standard InChI is InChI=1S/C13H15FN2O2.ClH/c14-10-2-1-9(7-15)11(13(10)17)12(16)8-3-5-18-6-4-8;/h1-2,8,12,17H,3-6,16H2;1H/t12-;/m0./s1. The molecular formula is C13H16ClFN2O2. The van der Waals surface area contributed by atoms with E-state index in [0.717, 1.165) is 18.9 Å². The molecule has 1 atom stereocenters. The molecule has 0 amide bonds. The molecule has 4 nitrogen and oxygen atoms in total. The second kappa shape index (κ2) is 6.71. The summed E-state index contributed by atoms with van der Waals surface area (Å²) >= 11 is 0. The zero-order valence-electron chi connectivity index (χ0n) is 10.3. The molecule has 1 aromatic carbocycles. The molecule has 1 aliphatic rings. The molecule has 0 radical (unpaired) electrons. The maximum atomic E-state index is 13.4. The highest BCUT2D eigenvalue weighted by Gasteiger charge is 2.27. The molecule has 104 valence electrons. The van der Waals surface area contributed by atoms with Gasteiger partial charge in [-0.2, -0.15) is 5.26 Å². The quantitative estimate of drug-likeness (QED) is 0.874. The Morgan fingerprint density at radius 1 is 1.42 bits per heavy atom. The van der Waals surface area contributed by atoms with Crippen molar-refractivity contribution in [3.63, 3.8) is 0 Å². The molecule has 1 aliphatic heterocycles. The van der Waals surface area contributed by atoms with Crippen molar-refractivity contribution in [2.24, 2.45) is 11.7 Å². The number of nitrogens with zero attached hydrogens (tertiary/aromatic N) is 1. The van der Waals surface area contributed by atoms with E-state index in [-0.39, 0.29) is 29.5 Å². The van der Waals surface area contributed by atoms with Crippen LogP contribution in [0.15, 0.2) is 12.1 Å². The van der Waals surface area contributed by atoms with Crippen LogP contribution >= 0.6 is 12.4 Å². The normalized spacial score (nSPS) is 17.3. The summed E-state index contributed by atoms with van der Waals surface area (Å²) in [7, 11) is 0. The minimum atomic E-state index is -0.744. The van der Waals surface area contributed by atoms with Crippen molar-refractivity contribution in [3.05, 3.63) is 29.1 Å². The zero-order chi connectivity index (χ0) is 13.1. The first-order chi connectivity index (χ1) is 8.65. The monoisotopic (exact) mass is 286 g/mol. The maximum Gasteiger partial charge on any atom is 0.165 e. The molecule has 19 heavy (non-hydrogen) atoms. The number of hydrogen-bond acceptors (Lipinski definition) is 4. The van der Waals surface area contributed by atoms with Crippen molar-refractivity contribution in [2.45, 2.75) is 18.9 Å². The summed E-state index contributed by atoms with van der Waals surface area (Å²) in [6, 6.07) is 3.83. The van der Waals surface area contributed by atoms with Gasteiger partial charge in [-0.3, -0.25) is 0 Å². The molecule has 1 aromatic rings. The number of ether oxygens (including phenoxy) is 1. The Hall–Kier alpha value is -1.35. The second-order valence-electron chi connectivity index (χ2n) is 4.44. The average molecular weight is 287 g/mol. The van der Waals surface area contributed by atoms with Crippen LogP contribution in [-0.2, 0) is 4.74 Å². The van der Waals surface area contributed by atoms with Crippen LogP contribution in [0.4, 0.5) is 4.39 Å². The third-order valence-corrected chi connectivity index (χ3v) is 3.40. The average Bonchev–Trinajstić information content (AvgIpc) is 2.42. The van der Waals surface area contributed by atoms with E-state index < -0.39 is 17.6 Å². The van der Waals surface area contributed by atoms with Gasteiger partial charge in [0, 0.05) is 24.8 Å². The summed E-state index contributed by atoms with van der Waals surface area (Å²) in [5, 5.41) is 18.8. The predicted octanol–water partition coefficient (Wildman–Crippen LogP) is 2.25. The van der Waals surface area contributed by atoms with Crippen molar-refractivity contribution >= 4 is 12.4 Å². The number of nitrogens with two attached hydrogens (primary N) is 1. The highest BCUT2D eigenvalue weighted by Crippen LogP contribution is 2.36. The van der Waals surface area contributed by atoms with Gasteiger partial charge < -0.3 is 15.6 Å². The first-order valence-corrected chi connectivity index (χ1v) is 5.90. The number of aromatic hydroxyl groups is 1. The zero-order valence-corrected chi connectivity index (χ0v) is 11.1. The van der Waals surface area contributed by atoms with Gasteiger partial charge in [0.15, 0.2) is 11.6 Å². The molecule has 3 N–H and O–H groups in total. The summed E-state index contributed by atoms with van der Waals surface area (Å²) < 4.78 is 18.6. The largest absolute Gasteiger partial charge is 0.505 e. The van der Waals surface area contributed by atoms with E-state index in [9.17, 15) is 9.50 Å². The van der Waals surface area contributed by atoms with Crippen molar-refractivity contribution in [1.82, 2.24) is 0 Å². The van der Waals surface area contributed by atoms with Gasteiger partial charge >= 0.3 is 0 Å². The van der Waals surface area contributed by atoms with Crippen LogP contribution in [-0.4, -0.2) is 18.3 Å². The van der Waals surface area contributed by atoms with Crippen molar-refractivity contribution in [1.29, 1.82) is 5.26 Å². The summed E-state index contributed by atoms with van der Waals surface area (Å²) in [6.45, 7) is 1.21. The van der Waals surface area contributed by atoms with Crippen LogP contribution in [0.25, 0.3) is 0 Å². The van der Waals surface area contributed by atoms with Gasteiger partial charge in [-0.15, -0.1) is 12.4 Å². The summed E-state index contributed by atoms with van der Waals surface area (Å²) in [4.78, 5) is 0. The lowest BCUT2D eigenvalue weighted by Gasteiger charge is -2.28. The van der Waals surface area contributed by atoms with E-state index in [1.807, 2.05) is 6.07 Å². The molecule has 2 rings (SSSR count). The van der Waals surface area contributed by atoms with Gasteiger partial charge in [0.05, 0.1) is 11.6 Å². The number of benzene rings is 1. The van der Waals surface area contributed by atoms with Gasteiger partial charge in [-0.25, -0.2) is 4.39 Å².